The summed E-state index contributed by atoms with van der Waals surface area (Å²) in [5, 5.41) is 14.1. The van der Waals surface area contributed by atoms with Crippen molar-refractivity contribution in [2.75, 3.05) is 32.7 Å². The van der Waals surface area contributed by atoms with Crippen LogP contribution in [0, 0.1) is 5.92 Å². The van der Waals surface area contributed by atoms with E-state index >= 15 is 0 Å². The van der Waals surface area contributed by atoms with E-state index in [2.05, 4.69) is 10.2 Å². The van der Waals surface area contributed by atoms with Crippen LogP contribution in [0.1, 0.15) is 58.3 Å². The van der Waals surface area contributed by atoms with Crippen molar-refractivity contribution in [3.05, 3.63) is 0 Å². The van der Waals surface area contributed by atoms with E-state index < -0.39 is 5.60 Å². The van der Waals surface area contributed by atoms with Crippen LogP contribution in [0.5, 0.6) is 0 Å². The number of carbonyl (C=O) groups is 2. The molecule has 0 bridgehead atoms. The molecule has 6 nitrogen and oxygen atoms in total. The Morgan fingerprint density at radius 2 is 1.76 bits per heavy atom. The predicted molar refractivity (Wildman–Crippen MR) is 96.0 cm³/mol. The van der Waals surface area contributed by atoms with Crippen molar-refractivity contribution in [3.63, 3.8) is 0 Å². The summed E-state index contributed by atoms with van der Waals surface area (Å²) in [4.78, 5) is 27.9. The summed E-state index contributed by atoms with van der Waals surface area (Å²) in [6.45, 7) is 5.56. The van der Waals surface area contributed by atoms with Gasteiger partial charge in [-0.2, -0.15) is 0 Å². The largest absolute Gasteiger partial charge is 0.388 e. The Labute approximate surface area is 150 Å². The number of hydrogen-bond acceptors (Lipinski definition) is 4. The van der Waals surface area contributed by atoms with Crippen LogP contribution in [-0.4, -0.2) is 71.1 Å². The number of carbonyl (C=O) groups excluding carboxylic acids is 2. The van der Waals surface area contributed by atoms with Gasteiger partial charge in [0.2, 0.25) is 11.8 Å². The molecule has 0 radical (unpaired) electrons. The zero-order chi connectivity index (χ0) is 17.9. The van der Waals surface area contributed by atoms with E-state index in [0.29, 0.717) is 25.4 Å². The van der Waals surface area contributed by atoms with Gasteiger partial charge in [-0.15, -0.1) is 0 Å². The lowest BCUT2D eigenvalue weighted by molar-refractivity contribution is -0.138. The highest BCUT2D eigenvalue weighted by Gasteiger charge is 2.36. The van der Waals surface area contributed by atoms with Crippen LogP contribution in [0.15, 0.2) is 0 Å². The number of β-amino-alcohol motifs (C(OH)–C–C–N with tert-alkyl or cyclic N) is 1. The highest BCUT2D eigenvalue weighted by Crippen LogP contribution is 2.31. The lowest BCUT2D eigenvalue weighted by atomic mass is 9.84. The fraction of sp³-hybridized carbons (Fsp3) is 0.895. The molecule has 3 rings (SSSR count). The molecule has 0 spiro atoms. The smallest absolute Gasteiger partial charge is 0.225 e. The monoisotopic (exact) mass is 351 g/mol. The van der Waals surface area contributed by atoms with E-state index in [9.17, 15) is 14.7 Å². The van der Waals surface area contributed by atoms with Crippen molar-refractivity contribution < 1.29 is 14.7 Å². The van der Waals surface area contributed by atoms with Crippen molar-refractivity contribution in [2.45, 2.75) is 69.9 Å². The van der Waals surface area contributed by atoms with Crippen LogP contribution < -0.4 is 5.32 Å². The Bertz CT molecular complexity index is 486. The fourth-order valence-electron chi connectivity index (χ4n) is 4.41. The number of piperidine rings is 1. The maximum absolute atomic E-state index is 12.5. The first-order valence-corrected chi connectivity index (χ1v) is 9.96. The van der Waals surface area contributed by atoms with E-state index in [-0.39, 0.29) is 17.9 Å². The molecule has 2 aliphatic heterocycles. The van der Waals surface area contributed by atoms with Gasteiger partial charge in [0.05, 0.1) is 5.60 Å². The molecule has 1 saturated carbocycles. The molecule has 3 aliphatic rings. The van der Waals surface area contributed by atoms with Gasteiger partial charge in [0.15, 0.2) is 0 Å². The first-order chi connectivity index (χ1) is 12.0. The molecule has 0 aromatic rings. The van der Waals surface area contributed by atoms with Gasteiger partial charge in [0.25, 0.3) is 0 Å². The first-order valence-electron chi connectivity index (χ1n) is 9.96. The Morgan fingerprint density at radius 3 is 2.36 bits per heavy atom. The van der Waals surface area contributed by atoms with Crippen LogP contribution in [-0.2, 0) is 9.59 Å². The van der Waals surface area contributed by atoms with E-state index in [0.717, 1.165) is 58.2 Å². The van der Waals surface area contributed by atoms with Gasteiger partial charge in [-0.1, -0.05) is 6.42 Å². The molecule has 2 saturated heterocycles. The highest BCUT2D eigenvalue weighted by molar-refractivity contribution is 5.79. The van der Waals surface area contributed by atoms with Crippen LogP contribution in [0.4, 0.5) is 0 Å². The molecule has 2 N–H and O–H groups in total. The van der Waals surface area contributed by atoms with Crippen molar-refractivity contribution in [1.29, 1.82) is 0 Å². The second-order valence-corrected chi connectivity index (χ2v) is 8.28. The van der Waals surface area contributed by atoms with Crippen LogP contribution in [0.3, 0.4) is 0 Å². The van der Waals surface area contributed by atoms with Crippen molar-refractivity contribution in [3.8, 4) is 0 Å². The molecule has 1 atom stereocenters. The summed E-state index contributed by atoms with van der Waals surface area (Å²) in [6, 6.07) is 0.271. The molecule has 6 heteroatoms. The summed E-state index contributed by atoms with van der Waals surface area (Å²) in [6.07, 6.45) is 7.50. The summed E-state index contributed by atoms with van der Waals surface area (Å²) in [5.41, 5.74) is -0.685. The Kier molecular flexibility index (Phi) is 6.00. The normalized spacial score (nSPS) is 29.8. The first kappa shape index (κ1) is 18.6. The average molecular weight is 351 g/mol. The van der Waals surface area contributed by atoms with Crippen LogP contribution in [0.2, 0.25) is 0 Å². The Balaban J connectivity index is 1.46. The highest BCUT2D eigenvalue weighted by atomic mass is 16.3. The molecule has 2 heterocycles. The number of rotatable bonds is 4. The molecule has 1 aliphatic carbocycles. The standard InChI is InChI=1S/C19H33N3O3/c1-15(23)20-17-6-11-21(12-7-17)14-19(25)8-3-10-22(13-9-19)18(24)16-4-2-5-16/h16-17,25H,2-14H2,1H3,(H,20,23)/t19-/m1/s1. The minimum atomic E-state index is -0.685. The van der Waals surface area contributed by atoms with E-state index in [1.807, 2.05) is 4.90 Å². The SMILES string of the molecule is CC(=O)NC1CCN(C[C@@]2(O)CCCN(C(=O)C3CCC3)CC2)CC1. The second-order valence-electron chi connectivity index (χ2n) is 8.28. The summed E-state index contributed by atoms with van der Waals surface area (Å²) < 4.78 is 0. The average Bonchev–Trinajstić information content (AvgIpc) is 2.69. The molecule has 3 fully saturated rings. The number of aliphatic hydroxyl groups is 1. The van der Waals surface area contributed by atoms with Gasteiger partial charge < -0.3 is 20.2 Å². The summed E-state index contributed by atoms with van der Waals surface area (Å²) in [5.74, 6) is 0.600. The Hall–Kier alpha value is -1.14. The minimum Gasteiger partial charge on any atom is -0.388 e. The van der Waals surface area contributed by atoms with Gasteiger partial charge >= 0.3 is 0 Å². The molecule has 0 aromatic carbocycles. The molecular formula is C19H33N3O3. The molecule has 2 amide bonds. The van der Waals surface area contributed by atoms with Crippen LogP contribution in [0.25, 0.3) is 0 Å². The maximum Gasteiger partial charge on any atom is 0.225 e. The number of nitrogens with zero attached hydrogens (tertiary/aromatic N) is 2. The second kappa shape index (κ2) is 8.04. The molecular weight excluding hydrogens is 318 g/mol. The van der Waals surface area contributed by atoms with E-state index in [1.54, 1.807) is 6.92 Å². The third-order valence-electron chi connectivity index (χ3n) is 6.20. The number of hydrogen-bond donors (Lipinski definition) is 2. The fourth-order valence-corrected chi connectivity index (χ4v) is 4.41. The zero-order valence-electron chi connectivity index (χ0n) is 15.5. The number of likely N-dealkylation sites (tertiary alicyclic amines) is 2. The quantitative estimate of drug-likeness (QED) is 0.796. The lowest BCUT2D eigenvalue weighted by Crippen LogP contribution is -2.50. The summed E-state index contributed by atoms with van der Waals surface area (Å²) >= 11 is 0. The van der Waals surface area contributed by atoms with Gasteiger partial charge in [0, 0.05) is 51.6 Å². The third-order valence-corrected chi connectivity index (χ3v) is 6.20. The Morgan fingerprint density at radius 1 is 1.04 bits per heavy atom. The van der Waals surface area contributed by atoms with E-state index in [4.69, 9.17) is 0 Å². The van der Waals surface area contributed by atoms with Crippen molar-refractivity contribution >= 4 is 11.8 Å². The van der Waals surface area contributed by atoms with E-state index in [1.165, 1.54) is 6.42 Å². The maximum atomic E-state index is 12.5. The van der Waals surface area contributed by atoms with Gasteiger partial charge in [-0.05, 0) is 44.9 Å². The van der Waals surface area contributed by atoms with Crippen molar-refractivity contribution in [2.24, 2.45) is 5.92 Å². The lowest BCUT2D eigenvalue weighted by Gasteiger charge is -2.38. The topological polar surface area (TPSA) is 72.9 Å². The molecule has 0 unspecified atom stereocenters. The predicted octanol–water partition coefficient (Wildman–Crippen LogP) is 1.13. The van der Waals surface area contributed by atoms with Gasteiger partial charge in [-0.3, -0.25) is 9.59 Å². The number of amides is 2. The van der Waals surface area contributed by atoms with Gasteiger partial charge in [-0.25, -0.2) is 0 Å². The van der Waals surface area contributed by atoms with Crippen molar-refractivity contribution in [1.82, 2.24) is 15.1 Å². The molecule has 142 valence electrons. The van der Waals surface area contributed by atoms with Crippen LogP contribution >= 0.6 is 0 Å². The minimum absolute atomic E-state index is 0.0390. The molecule has 0 aromatic heterocycles. The number of nitrogens with one attached hydrogen (secondary N) is 1. The summed E-state index contributed by atoms with van der Waals surface area (Å²) in [7, 11) is 0. The third kappa shape index (κ3) is 4.94. The molecule has 25 heavy (non-hydrogen) atoms. The van der Waals surface area contributed by atoms with Gasteiger partial charge in [0.1, 0.15) is 0 Å². The zero-order valence-corrected chi connectivity index (χ0v) is 15.5.